The van der Waals surface area contributed by atoms with Crippen molar-refractivity contribution in [1.29, 1.82) is 5.26 Å². The van der Waals surface area contributed by atoms with E-state index in [9.17, 15) is 9.59 Å². The number of nitriles is 1. The fourth-order valence-electron chi connectivity index (χ4n) is 2.35. The Labute approximate surface area is 104 Å². The van der Waals surface area contributed by atoms with Crippen molar-refractivity contribution >= 4 is 0 Å². The second-order valence-electron chi connectivity index (χ2n) is 4.83. The van der Waals surface area contributed by atoms with Gasteiger partial charge < -0.3 is 4.90 Å². The van der Waals surface area contributed by atoms with Crippen molar-refractivity contribution in [2.24, 2.45) is 0 Å². The van der Waals surface area contributed by atoms with Gasteiger partial charge in [-0.3, -0.25) is 14.3 Å². The molecule has 0 radical (unpaired) electrons. The zero-order valence-electron chi connectivity index (χ0n) is 10.5. The maximum absolute atomic E-state index is 11.8. The van der Waals surface area contributed by atoms with Gasteiger partial charge in [0.15, 0.2) is 0 Å². The van der Waals surface area contributed by atoms with Gasteiger partial charge >= 0.3 is 5.69 Å². The molecule has 0 amide bonds. The molecule has 1 aliphatic heterocycles. The van der Waals surface area contributed by atoms with E-state index in [1.807, 2.05) is 6.07 Å². The second kappa shape index (κ2) is 4.78. The number of aromatic amines is 1. The molecule has 96 valence electrons. The minimum atomic E-state index is -0.611. The number of hydrogen-bond donors (Lipinski definition) is 1. The molecule has 0 spiro atoms. The van der Waals surface area contributed by atoms with E-state index in [0.717, 1.165) is 19.4 Å². The summed E-state index contributed by atoms with van der Waals surface area (Å²) in [4.78, 5) is 27.5. The van der Waals surface area contributed by atoms with Crippen LogP contribution in [0.3, 0.4) is 0 Å². The average Bonchev–Trinajstić information content (AvgIpc) is 2.33. The standard InChI is InChI=1S/C12H16N4O2/c1-8-5-10(3-4-15(8)2)16-7-9(6-13)11(17)14-12(16)18/h7-8,10H,3-5H2,1-2H3,(H,14,17,18). The molecule has 0 saturated carbocycles. The van der Waals surface area contributed by atoms with Crippen LogP contribution < -0.4 is 11.2 Å². The Balaban J connectivity index is 2.38. The van der Waals surface area contributed by atoms with E-state index >= 15 is 0 Å². The Hall–Kier alpha value is -1.87. The SMILES string of the molecule is CC1CC(n2cc(C#N)c(=O)[nH]c2=O)CCN1C. The Bertz CT molecular complexity index is 595. The molecule has 1 aliphatic rings. The van der Waals surface area contributed by atoms with Gasteiger partial charge in [-0.15, -0.1) is 0 Å². The third kappa shape index (κ3) is 2.22. The first kappa shape index (κ1) is 12.6. The van der Waals surface area contributed by atoms with Gasteiger partial charge in [0.05, 0.1) is 0 Å². The molecule has 0 aliphatic carbocycles. The summed E-state index contributed by atoms with van der Waals surface area (Å²) in [5, 5.41) is 8.83. The summed E-state index contributed by atoms with van der Waals surface area (Å²) in [6, 6.07) is 2.24. The first-order valence-corrected chi connectivity index (χ1v) is 5.98. The number of likely N-dealkylation sites (tertiary alicyclic amines) is 1. The van der Waals surface area contributed by atoms with Crippen LogP contribution in [0.4, 0.5) is 0 Å². The smallest absolute Gasteiger partial charge is 0.304 e. The lowest BCUT2D eigenvalue weighted by atomic mass is 9.99. The van der Waals surface area contributed by atoms with Gasteiger partial charge in [0.25, 0.3) is 5.56 Å². The summed E-state index contributed by atoms with van der Waals surface area (Å²) in [6.45, 7) is 3.01. The van der Waals surface area contributed by atoms with E-state index in [-0.39, 0.29) is 11.6 Å². The normalized spacial score (nSPS) is 24.7. The second-order valence-corrected chi connectivity index (χ2v) is 4.83. The van der Waals surface area contributed by atoms with Crippen molar-refractivity contribution in [2.75, 3.05) is 13.6 Å². The van der Waals surface area contributed by atoms with Crippen LogP contribution in [0.5, 0.6) is 0 Å². The van der Waals surface area contributed by atoms with E-state index in [1.54, 1.807) is 0 Å². The van der Waals surface area contributed by atoms with Crippen molar-refractivity contribution in [1.82, 2.24) is 14.5 Å². The van der Waals surface area contributed by atoms with Crippen LogP contribution >= 0.6 is 0 Å². The van der Waals surface area contributed by atoms with Crippen LogP contribution in [0.25, 0.3) is 0 Å². The van der Waals surface area contributed by atoms with E-state index in [1.165, 1.54) is 10.8 Å². The lowest BCUT2D eigenvalue weighted by Crippen LogP contribution is -2.42. The van der Waals surface area contributed by atoms with Gasteiger partial charge in [0.1, 0.15) is 11.6 Å². The monoisotopic (exact) mass is 248 g/mol. The summed E-state index contributed by atoms with van der Waals surface area (Å²) >= 11 is 0. The molecule has 2 heterocycles. The van der Waals surface area contributed by atoms with Crippen molar-refractivity contribution in [3.8, 4) is 6.07 Å². The van der Waals surface area contributed by atoms with Gasteiger partial charge in [-0.2, -0.15) is 5.26 Å². The zero-order chi connectivity index (χ0) is 13.3. The quantitative estimate of drug-likeness (QED) is 0.762. The summed E-state index contributed by atoms with van der Waals surface area (Å²) in [7, 11) is 2.05. The van der Waals surface area contributed by atoms with E-state index < -0.39 is 11.2 Å². The Morgan fingerprint density at radius 3 is 2.83 bits per heavy atom. The predicted octanol–water partition coefficient (Wildman–Crippen LogP) is 0.0635. The molecule has 2 unspecified atom stereocenters. The van der Waals surface area contributed by atoms with Crippen LogP contribution in [0, 0.1) is 11.3 Å². The van der Waals surface area contributed by atoms with Crippen LogP contribution in [-0.4, -0.2) is 34.1 Å². The molecule has 1 N–H and O–H groups in total. The summed E-state index contributed by atoms with van der Waals surface area (Å²) < 4.78 is 1.49. The highest BCUT2D eigenvalue weighted by Gasteiger charge is 2.25. The molecular weight excluding hydrogens is 232 g/mol. The Morgan fingerprint density at radius 1 is 1.50 bits per heavy atom. The number of aromatic nitrogens is 2. The van der Waals surface area contributed by atoms with Crippen molar-refractivity contribution in [2.45, 2.75) is 31.8 Å². The lowest BCUT2D eigenvalue weighted by molar-refractivity contribution is 0.154. The molecule has 1 aromatic rings. The molecule has 6 heteroatoms. The minimum Gasteiger partial charge on any atom is -0.304 e. The Morgan fingerprint density at radius 2 is 2.22 bits per heavy atom. The van der Waals surface area contributed by atoms with Gasteiger partial charge in [0.2, 0.25) is 0 Å². The third-order valence-corrected chi connectivity index (χ3v) is 3.66. The molecule has 0 bridgehead atoms. The van der Waals surface area contributed by atoms with Crippen molar-refractivity contribution in [3.05, 3.63) is 32.6 Å². The number of nitrogens with one attached hydrogen (secondary N) is 1. The third-order valence-electron chi connectivity index (χ3n) is 3.66. The van der Waals surface area contributed by atoms with Crippen LogP contribution in [0.15, 0.2) is 15.8 Å². The van der Waals surface area contributed by atoms with E-state index in [2.05, 4.69) is 23.9 Å². The number of hydrogen-bond acceptors (Lipinski definition) is 4. The summed E-state index contributed by atoms with van der Waals surface area (Å²) in [6.07, 6.45) is 3.06. The van der Waals surface area contributed by atoms with Gasteiger partial charge in [-0.25, -0.2) is 4.79 Å². The highest BCUT2D eigenvalue weighted by atomic mass is 16.2. The number of H-pyrrole nitrogens is 1. The Kier molecular flexibility index (Phi) is 3.34. The fraction of sp³-hybridized carbons (Fsp3) is 0.583. The molecule has 1 aromatic heterocycles. The summed E-state index contributed by atoms with van der Waals surface area (Å²) in [5.74, 6) is 0. The van der Waals surface area contributed by atoms with Crippen molar-refractivity contribution in [3.63, 3.8) is 0 Å². The van der Waals surface area contributed by atoms with Crippen LogP contribution in [-0.2, 0) is 0 Å². The van der Waals surface area contributed by atoms with Gasteiger partial charge in [0, 0.05) is 24.8 Å². The van der Waals surface area contributed by atoms with Crippen LogP contribution in [0.2, 0.25) is 0 Å². The maximum atomic E-state index is 11.8. The molecule has 1 fully saturated rings. The largest absolute Gasteiger partial charge is 0.328 e. The van der Waals surface area contributed by atoms with E-state index in [4.69, 9.17) is 5.26 Å². The van der Waals surface area contributed by atoms with E-state index in [0.29, 0.717) is 6.04 Å². The van der Waals surface area contributed by atoms with Crippen LogP contribution in [0.1, 0.15) is 31.4 Å². The highest BCUT2D eigenvalue weighted by Crippen LogP contribution is 2.24. The predicted molar refractivity (Wildman–Crippen MR) is 66.4 cm³/mol. The molecule has 2 atom stereocenters. The molecule has 0 aromatic carbocycles. The average molecular weight is 248 g/mol. The number of piperidine rings is 1. The topological polar surface area (TPSA) is 81.9 Å². The lowest BCUT2D eigenvalue weighted by Gasteiger charge is -2.35. The molecule has 6 nitrogen and oxygen atoms in total. The highest BCUT2D eigenvalue weighted by molar-refractivity contribution is 5.22. The number of nitrogens with zero attached hydrogens (tertiary/aromatic N) is 3. The minimum absolute atomic E-state index is 0.0128. The molecule has 1 saturated heterocycles. The fourth-order valence-corrected chi connectivity index (χ4v) is 2.35. The maximum Gasteiger partial charge on any atom is 0.328 e. The molecule has 18 heavy (non-hydrogen) atoms. The van der Waals surface area contributed by atoms with Gasteiger partial charge in [-0.1, -0.05) is 0 Å². The molecule has 2 rings (SSSR count). The van der Waals surface area contributed by atoms with Gasteiger partial charge in [-0.05, 0) is 26.8 Å². The molecular formula is C12H16N4O2. The number of rotatable bonds is 1. The van der Waals surface area contributed by atoms with Crippen molar-refractivity contribution < 1.29 is 0 Å². The first-order chi connectivity index (χ1) is 8.52. The summed E-state index contributed by atoms with van der Waals surface area (Å²) in [5.41, 5.74) is -1.05. The zero-order valence-corrected chi connectivity index (χ0v) is 10.5. The first-order valence-electron chi connectivity index (χ1n) is 5.98.